The monoisotopic (exact) mass is 196 g/mol. The second kappa shape index (κ2) is 5.75. The van der Waals surface area contributed by atoms with Crippen molar-refractivity contribution >= 4 is 0 Å². The molecule has 80 valence electrons. The van der Waals surface area contributed by atoms with Gasteiger partial charge in [0.1, 0.15) is 11.6 Å². The van der Waals surface area contributed by atoms with Crippen LogP contribution in [-0.4, -0.2) is 27.9 Å². The average molecular weight is 196 g/mol. The van der Waals surface area contributed by atoms with Crippen LogP contribution in [0.2, 0.25) is 0 Å². The van der Waals surface area contributed by atoms with Gasteiger partial charge in [-0.1, -0.05) is 6.92 Å². The zero-order valence-corrected chi connectivity index (χ0v) is 9.38. The molecule has 14 heavy (non-hydrogen) atoms. The smallest absolute Gasteiger partial charge is 0.147 e. The molecule has 0 aliphatic heterocycles. The van der Waals surface area contributed by atoms with Crippen molar-refractivity contribution in [2.24, 2.45) is 0 Å². The summed E-state index contributed by atoms with van der Waals surface area (Å²) in [6.07, 6.45) is 2.31. The van der Waals surface area contributed by atoms with Crippen molar-refractivity contribution in [1.82, 2.24) is 20.1 Å². The van der Waals surface area contributed by atoms with Crippen LogP contribution in [0.4, 0.5) is 0 Å². The zero-order valence-electron chi connectivity index (χ0n) is 9.38. The molecule has 0 spiro atoms. The molecular weight excluding hydrogens is 176 g/mol. The normalized spacial score (nSPS) is 10.8. The van der Waals surface area contributed by atoms with Crippen molar-refractivity contribution in [3.05, 3.63) is 11.6 Å². The van der Waals surface area contributed by atoms with E-state index >= 15 is 0 Å². The van der Waals surface area contributed by atoms with Gasteiger partial charge in [0.2, 0.25) is 0 Å². The topological polar surface area (TPSA) is 42.7 Å². The maximum atomic E-state index is 4.31. The lowest BCUT2D eigenvalue weighted by Gasteiger charge is -2.04. The van der Waals surface area contributed by atoms with Gasteiger partial charge in [-0.05, 0) is 39.8 Å². The van der Waals surface area contributed by atoms with E-state index in [9.17, 15) is 0 Å². The molecule has 0 saturated carbocycles. The number of hydrogen-bond donors (Lipinski definition) is 1. The fraction of sp³-hybridized carbons (Fsp3) is 0.800. The maximum absolute atomic E-state index is 4.31. The van der Waals surface area contributed by atoms with Crippen molar-refractivity contribution < 1.29 is 0 Å². The summed E-state index contributed by atoms with van der Waals surface area (Å²) in [6.45, 7) is 9.24. The Morgan fingerprint density at radius 1 is 1.29 bits per heavy atom. The molecule has 0 amide bonds. The van der Waals surface area contributed by atoms with Crippen LogP contribution in [0.15, 0.2) is 0 Å². The van der Waals surface area contributed by atoms with Gasteiger partial charge in [-0.25, -0.2) is 4.98 Å². The van der Waals surface area contributed by atoms with Crippen LogP contribution in [0.1, 0.15) is 31.4 Å². The Morgan fingerprint density at radius 3 is 2.64 bits per heavy atom. The van der Waals surface area contributed by atoms with Crippen molar-refractivity contribution in [3.63, 3.8) is 0 Å². The number of nitrogens with zero attached hydrogens (tertiary/aromatic N) is 3. The molecule has 0 fully saturated rings. The minimum atomic E-state index is 0.865. The first-order valence-corrected chi connectivity index (χ1v) is 5.32. The Balaban J connectivity index is 2.21. The Kier molecular flexibility index (Phi) is 4.59. The van der Waals surface area contributed by atoms with Gasteiger partial charge < -0.3 is 5.32 Å². The highest BCUT2D eigenvalue weighted by Crippen LogP contribution is 1.96. The van der Waals surface area contributed by atoms with Crippen molar-refractivity contribution in [3.8, 4) is 0 Å². The molecule has 0 aromatic carbocycles. The van der Waals surface area contributed by atoms with E-state index in [0.29, 0.717) is 0 Å². The number of nitrogens with one attached hydrogen (secondary N) is 1. The van der Waals surface area contributed by atoms with Crippen molar-refractivity contribution in [2.75, 3.05) is 13.1 Å². The van der Waals surface area contributed by atoms with Gasteiger partial charge in [0.05, 0.1) is 0 Å². The van der Waals surface area contributed by atoms with Crippen molar-refractivity contribution in [1.29, 1.82) is 0 Å². The molecule has 4 heteroatoms. The largest absolute Gasteiger partial charge is 0.317 e. The van der Waals surface area contributed by atoms with Gasteiger partial charge in [-0.2, -0.15) is 5.10 Å². The first-order valence-electron chi connectivity index (χ1n) is 5.32. The van der Waals surface area contributed by atoms with E-state index in [1.807, 2.05) is 18.5 Å². The molecule has 0 atom stereocenters. The minimum Gasteiger partial charge on any atom is -0.317 e. The first-order chi connectivity index (χ1) is 6.74. The second-order valence-corrected chi connectivity index (χ2v) is 3.53. The van der Waals surface area contributed by atoms with Crippen LogP contribution in [0.3, 0.4) is 0 Å². The zero-order chi connectivity index (χ0) is 10.4. The minimum absolute atomic E-state index is 0.865. The summed E-state index contributed by atoms with van der Waals surface area (Å²) in [5, 5.41) is 7.68. The van der Waals surface area contributed by atoms with E-state index in [1.165, 1.54) is 6.42 Å². The second-order valence-electron chi connectivity index (χ2n) is 3.53. The lowest BCUT2D eigenvalue weighted by Crippen LogP contribution is -2.18. The highest BCUT2D eigenvalue weighted by atomic mass is 15.3. The SMILES string of the molecule is CCCNCCCn1nc(C)nc1C. The fourth-order valence-corrected chi connectivity index (χ4v) is 1.43. The van der Waals surface area contributed by atoms with Gasteiger partial charge in [0, 0.05) is 6.54 Å². The molecule has 4 nitrogen and oxygen atoms in total. The molecular formula is C10H20N4. The van der Waals surface area contributed by atoms with Crippen LogP contribution >= 0.6 is 0 Å². The molecule has 1 aromatic heterocycles. The molecule has 0 radical (unpaired) electrons. The lowest BCUT2D eigenvalue weighted by molar-refractivity contribution is 0.530. The molecule has 0 aliphatic carbocycles. The highest BCUT2D eigenvalue weighted by Gasteiger charge is 2.00. The van der Waals surface area contributed by atoms with E-state index in [2.05, 4.69) is 22.3 Å². The third-order valence-corrected chi connectivity index (χ3v) is 2.11. The van der Waals surface area contributed by atoms with Crippen LogP contribution in [-0.2, 0) is 6.54 Å². The third-order valence-electron chi connectivity index (χ3n) is 2.11. The summed E-state index contributed by atoms with van der Waals surface area (Å²) in [7, 11) is 0. The van der Waals surface area contributed by atoms with E-state index in [-0.39, 0.29) is 0 Å². The van der Waals surface area contributed by atoms with Crippen LogP contribution in [0.25, 0.3) is 0 Å². The highest BCUT2D eigenvalue weighted by molar-refractivity contribution is 4.87. The number of aryl methyl sites for hydroxylation is 3. The molecule has 1 rings (SSSR count). The molecule has 1 aromatic rings. The average Bonchev–Trinajstić information content (AvgIpc) is 2.45. The van der Waals surface area contributed by atoms with Gasteiger partial charge in [0.25, 0.3) is 0 Å². The number of hydrogen-bond acceptors (Lipinski definition) is 3. The fourth-order valence-electron chi connectivity index (χ4n) is 1.43. The van der Waals surface area contributed by atoms with Gasteiger partial charge >= 0.3 is 0 Å². The standard InChI is InChI=1S/C10H20N4/c1-4-6-11-7-5-8-14-10(3)12-9(2)13-14/h11H,4-8H2,1-3H3. The molecule has 1 heterocycles. The predicted molar refractivity (Wildman–Crippen MR) is 57.3 cm³/mol. The lowest BCUT2D eigenvalue weighted by atomic mass is 10.4. The first kappa shape index (κ1) is 11.2. The summed E-state index contributed by atoms with van der Waals surface area (Å²) in [5.74, 6) is 1.88. The van der Waals surface area contributed by atoms with Gasteiger partial charge in [0.15, 0.2) is 0 Å². The number of aromatic nitrogens is 3. The predicted octanol–water partition coefficient (Wildman–Crippen LogP) is 1.28. The third kappa shape index (κ3) is 3.46. The quantitative estimate of drug-likeness (QED) is 0.697. The summed E-state index contributed by atoms with van der Waals surface area (Å²) in [6, 6.07) is 0. The molecule has 0 bridgehead atoms. The Bertz CT molecular complexity index is 267. The Morgan fingerprint density at radius 2 is 2.07 bits per heavy atom. The number of rotatable bonds is 6. The van der Waals surface area contributed by atoms with E-state index in [4.69, 9.17) is 0 Å². The van der Waals surface area contributed by atoms with E-state index in [1.54, 1.807) is 0 Å². The molecule has 0 aliphatic rings. The summed E-state index contributed by atoms with van der Waals surface area (Å²) in [5.41, 5.74) is 0. The van der Waals surface area contributed by atoms with Crippen molar-refractivity contribution in [2.45, 2.75) is 40.2 Å². The molecule has 0 unspecified atom stereocenters. The summed E-state index contributed by atoms with van der Waals surface area (Å²) in [4.78, 5) is 4.26. The molecule has 0 saturated heterocycles. The van der Waals surface area contributed by atoms with E-state index in [0.717, 1.165) is 37.7 Å². The molecule has 1 N–H and O–H groups in total. The van der Waals surface area contributed by atoms with Gasteiger partial charge in [-0.3, -0.25) is 4.68 Å². The van der Waals surface area contributed by atoms with Crippen LogP contribution < -0.4 is 5.32 Å². The summed E-state index contributed by atoms with van der Waals surface area (Å²) < 4.78 is 1.98. The van der Waals surface area contributed by atoms with E-state index < -0.39 is 0 Å². The Hall–Kier alpha value is -0.900. The van der Waals surface area contributed by atoms with Gasteiger partial charge in [-0.15, -0.1) is 0 Å². The Labute approximate surface area is 85.7 Å². The maximum Gasteiger partial charge on any atom is 0.147 e. The van der Waals surface area contributed by atoms with Crippen LogP contribution in [0, 0.1) is 13.8 Å². The summed E-state index contributed by atoms with van der Waals surface area (Å²) >= 11 is 0. The van der Waals surface area contributed by atoms with Crippen LogP contribution in [0.5, 0.6) is 0 Å².